The van der Waals surface area contributed by atoms with Crippen LogP contribution in [0.3, 0.4) is 0 Å². The van der Waals surface area contributed by atoms with Gasteiger partial charge in [-0.25, -0.2) is 0 Å². The molecule has 2 aromatic rings. The van der Waals surface area contributed by atoms with Gasteiger partial charge >= 0.3 is 5.97 Å². The van der Waals surface area contributed by atoms with Gasteiger partial charge in [0.15, 0.2) is 5.78 Å². The van der Waals surface area contributed by atoms with E-state index in [1.807, 2.05) is 60.7 Å². The SMILES string of the molecule is C=CCOC(=O)[C@@H](c1ccccc1)[C@@H](CC(=O)C(Cl)(Cl)Cl)c1ccccc1. The minimum absolute atomic E-state index is 0.0715. The highest BCUT2D eigenvalue weighted by molar-refractivity contribution is 6.76. The van der Waals surface area contributed by atoms with E-state index in [4.69, 9.17) is 39.5 Å². The van der Waals surface area contributed by atoms with Crippen molar-refractivity contribution in [3.05, 3.63) is 84.4 Å². The Hall–Kier alpha value is -1.81. The van der Waals surface area contributed by atoms with Crippen molar-refractivity contribution < 1.29 is 14.3 Å². The third kappa shape index (κ3) is 6.10. The van der Waals surface area contributed by atoms with Gasteiger partial charge in [-0.2, -0.15) is 0 Å². The average molecular weight is 426 g/mol. The maximum Gasteiger partial charge on any atom is 0.314 e. The first-order valence-electron chi connectivity index (χ1n) is 8.32. The molecule has 0 amide bonds. The monoisotopic (exact) mass is 424 g/mol. The van der Waals surface area contributed by atoms with E-state index in [9.17, 15) is 9.59 Å². The van der Waals surface area contributed by atoms with Gasteiger partial charge in [0.1, 0.15) is 6.61 Å². The van der Waals surface area contributed by atoms with Gasteiger partial charge in [-0.05, 0) is 11.1 Å². The van der Waals surface area contributed by atoms with E-state index in [0.717, 1.165) is 11.1 Å². The Morgan fingerprint density at radius 1 is 0.963 bits per heavy atom. The van der Waals surface area contributed by atoms with Gasteiger partial charge in [-0.3, -0.25) is 9.59 Å². The second-order valence-electron chi connectivity index (χ2n) is 5.95. The first-order valence-corrected chi connectivity index (χ1v) is 9.45. The standard InChI is InChI=1S/C21H19Cl3O3/c1-2-13-27-20(26)19(16-11-7-4-8-12-16)17(14-18(25)21(22,23)24)15-9-5-3-6-10-15/h2-12,17,19H,1,13-14H2/t17-,19-/m0/s1. The largest absolute Gasteiger partial charge is 0.461 e. The van der Waals surface area contributed by atoms with Crippen LogP contribution in [0.1, 0.15) is 29.4 Å². The molecular weight excluding hydrogens is 407 g/mol. The van der Waals surface area contributed by atoms with Crippen LogP contribution in [-0.4, -0.2) is 22.2 Å². The minimum atomic E-state index is -2.06. The molecule has 0 heterocycles. The Morgan fingerprint density at radius 3 is 1.96 bits per heavy atom. The Balaban J connectivity index is 2.50. The minimum Gasteiger partial charge on any atom is -0.461 e. The normalized spacial score (nSPS) is 13.4. The number of benzene rings is 2. The molecule has 0 saturated heterocycles. The number of ether oxygens (including phenoxy) is 1. The summed E-state index contributed by atoms with van der Waals surface area (Å²) >= 11 is 17.3. The fourth-order valence-corrected chi connectivity index (χ4v) is 3.10. The summed E-state index contributed by atoms with van der Waals surface area (Å²) in [7, 11) is 0. The van der Waals surface area contributed by atoms with E-state index in [1.54, 1.807) is 0 Å². The van der Waals surface area contributed by atoms with Crippen LogP contribution >= 0.6 is 34.8 Å². The number of hydrogen-bond acceptors (Lipinski definition) is 3. The van der Waals surface area contributed by atoms with Gasteiger partial charge in [-0.1, -0.05) is 108 Å². The van der Waals surface area contributed by atoms with Crippen molar-refractivity contribution in [1.29, 1.82) is 0 Å². The molecule has 0 aromatic heterocycles. The quantitative estimate of drug-likeness (QED) is 0.313. The van der Waals surface area contributed by atoms with Gasteiger partial charge < -0.3 is 4.74 Å². The first kappa shape index (κ1) is 21.5. The highest BCUT2D eigenvalue weighted by Crippen LogP contribution is 2.40. The second kappa shape index (κ2) is 9.93. The van der Waals surface area contributed by atoms with Crippen LogP contribution in [0.2, 0.25) is 0 Å². The number of ketones is 1. The zero-order valence-corrected chi connectivity index (χ0v) is 16.8. The number of Topliss-reactive ketones (excluding diaryl/α,β-unsaturated/α-hetero) is 1. The topological polar surface area (TPSA) is 43.4 Å². The molecule has 0 saturated carbocycles. The summed E-state index contributed by atoms with van der Waals surface area (Å²) in [5.74, 6) is -2.33. The molecule has 0 bridgehead atoms. The summed E-state index contributed by atoms with van der Waals surface area (Å²) in [6.07, 6.45) is 1.37. The van der Waals surface area contributed by atoms with E-state index in [1.165, 1.54) is 6.08 Å². The van der Waals surface area contributed by atoms with Crippen molar-refractivity contribution in [3.63, 3.8) is 0 Å². The summed E-state index contributed by atoms with van der Waals surface area (Å²) in [6.45, 7) is 3.64. The smallest absolute Gasteiger partial charge is 0.314 e. The van der Waals surface area contributed by atoms with E-state index < -0.39 is 27.4 Å². The molecule has 0 aliphatic rings. The van der Waals surface area contributed by atoms with Crippen LogP contribution in [0.25, 0.3) is 0 Å². The lowest BCUT2D eigenvalue weighted by Gasteiger charge is -2.27. The predicted molar refractivity (Wildman–Crippen MR) is 109 cm³/mol. The highest BCUT2D eigenvalue weighted by Gasteiger charge is 2.38. The molecule has 6 heteroatoms. The summed E-state index contributed by atoms with van der Waals surface area (Å²) in [4.78, 5) is 25.3. The Bertz CT molecular complexity index is 770. The second-order valence-corrected chi connectivity index (χ2v) is 8.23. The van der Waals surface area contributed by atoms with Crippen LogP contribution in [0, 0.1) is 0 Å². The van der Waals surface area contributed by atoms with Crippen LogP contribution < -0.4 is 0 Å². The molecule has 0 aliphatic heterocycles. The molecule has 2 rings (SSSR count). The van der Waals surface area contributed by atoms with Gasteiger partial charge in [0, 0.05) is 12.3 Å². The number of rotatable bonds is 8. The lowest BCUT2D eigenvalue weighted by Crippen LogP contribution is -2.28. The van der Waals surface area contributed by atoms with Crippen molar-refractivity contribution in [2.75, 3.05) is 6.61 Å². The number of carbonyl (C=O) groups excluding carboxylic acids is 2. The van der Waals surface area contributed by atoms with Crippen LogP contribution in [0.15, 0.2) is 73.3 Å². The van der Waals surface area contributed by atoms with Crippen LogP contribution in [-0.2, 0) is 14.3 Å². The first-order chi connectivity index (χ1) is 12.8. The Morgan fingerprint density at radius 2 is 1.48 bits per heavy atom. The zero-order chi connectivity index (χ0) is 19.9. The lowest BCUT2D eigenvalue weighted by molar-refractivity contribution is -0.145. The maximum absolute atomic E-state index is 12.9. The fourth-order valence-electron chi connectivity index (χ4n) is 2.87. The molecule has 2 aromatic carbocycles. The maximum atomic E-state index is 12.9. The van der Waals surface area contributed by atoms with Crippen molar-refractivity contribution in [2.24, 2.45) is 0 Å². The number of halogens is 3. The fraction of sp³-hybridized carbons (Fsp3) is 0.238. The lowest BCUT2D eigenvalue weighted by atomic mass is 9.78. The average Bonchev–Trinajstić information content (AvgIpc) is 2.66. The molecule has 0 radical (unpaired) electrons. The molecule has 2 atom stereocenters. The summed E-state index contributed by atoms with van der Waals surface area (Å²) in [5.41, 5.74) is 1.50. The van der Waals surface area contributed by atoms with Crippen LogP contribution in [0.5, 0.6) is 0 Å². The van der Waals surface area contributed by atoms with Crippen molar-refractivity contribution in [3.8, 4) is 0 Å². The van der Waals surface area contributed by atoms with Crippen molar-refractivity contribution >= 4 is 46.6 Å². The van der Waals surface area contributed by atoms with E-state index >= 15 is 0 Å². The molecule has 0 N–H and O–H groups in total. The molecule has 0 fully saturated rings. The van der Waals surface area contributed by atoms with E-state index in [-0.39, 0.29) is 13.0 Å². The van der Waals surface area contributed by atoms with Gasteiger partial charge in [0.25, 0.3) is 0 Å². The van der Waals surface area contributed by atoms with E-state index in [2.05, 4.69) is 6.58 Å². The molecule has 0 aliphatic carbocycles. The molecule has 0 spiro atoms. The van der Waals surface area contributed by atoms with Crippen molar-refractivity contribution in [2.45, 2.75) is 22.0 Å². The Kier molecular flexibility index (Phi) is 7.91. The predicted octanol–water partition coefficient (Wildman–Crippen LogP) is 5.61. The molecule has 27 heavy (non-hydrogen) atoms. The summed E-state index contributed by atoms with van der Waals surface area (Å²) in [6, 6.07) is 18.3. The summed E-state index contributed by atoms with van der Waals surface area (Å²) in [5, 5.41) is 0. The molecule has 0 unspecified atom stereocenters. The third-order valence-corrected chi connectivity index (χ3v) is 4.74. The highest BCUT2D eigenvalue weighted by atomic mass is 35.6. The number of alkyl halides is 3. The van der Waals surface area contributed by atoms with Crippen molar-refractivity contribution in [1.82, 2.24) is 0 Å². The zero-order valence-electron chi connectivity index (χ0n) is 14.5. The van der Waals surface area contributed by atoms with Gasteiger partial charge in [-0.15, -0.1) is 0 Å². The number of hydrogen-bond donors (Lipinski definition) is 0. The molecule has 142 valence electrons. The summed E-state index contributed by atoms with van der Waals surface area (Å²) < 4.78 is 3.25. The van der Waals surface area contributed by atoms with Gasteiger partial charge in [0.05, 0.1) is 5.92 Å². The Labute approximate surface area is 173 Å². The number of esters is 1. The molecular formula is C21H19Cl3O3. The van der Waals surface area contributed by atoms with Gasteiger partial charge in [0.2, 0.25) is 3.79 Å². The van der Waals surface area contributed by atoms with Crippen LogP contribution in [0.4, 0.5) is 0 Å². The number of carbonyl (C=O) groups is 2. The molecule has 3 nitrogen and oxygen atoms in total. The van der Waals surface area contributed by atoms with E-state index in [0.29, 0.717) is 0 Å². The third-order valence-electron chi connectivity index (χ3n) is 4.11.